The molecule has 2 fully saturated rings. The Morgan fingerprint density at radius 3 is 2.52 bits per heavy atom. The molecule has 1 aliphatic carbocycles. The molecule has 4 nitrogen and oxygen atoms in total. The maximum Gasteiger partial charge on any atom is 0.417 e. The highest BCUT2D eigenvalue weighted by molar-refractivity contribution is 6.52. The molecule has 0 bridgehead atoms. The van der Waals surface area contributed by atoms with Gasteiger partial charge in [-0.05, 0) is 44.9 Å². The molecular weight excluding hydrogens is 289 g/mol. The summed E-state index contributed by atoms with van der Waals surface area (Å²) in [4.78, 5) is 14.1. The van der Waals surface area contributed by atoms with Crippen LogP contribution in [0.2, 0.25) is 12.6 Å². The highest BCUT2D eigenvalue weighted by atomic mass is 16.6. The fourth-order valence-electron chi connectivity index (χ4n) is 3.65. The van der Waals surface area contributed by atoms with Gasteiger partial charge in [0.1, 0.15) is 6.10 Å². The van der Waals surface area contributed by atoms with Gasteiger partial charge in [0.25, 0.3) is 0 Å². The predicted molar refractivity (Wildman–Crippen MR) is 94.4 cm³/mol. The monoisotopic (exact) mass is 321 g/mol. The third-order valence-corrected chi connectivity index (χ3v) is 4.98. The predicted octanol–water partition coefficient (Wildman–Crippen LogP) is 5.22. The minimum absolute atomic E-state index is 0.0551. The zero-order valence-corrected chi connectivity index (χ0v) is 15.1. The molecule has 1 heterocycles. The number of rotatable bonds is 9. The maximum atomic E-state index is 12.3. The van der Waals surface area contributed by atoms with Gasteiger partial charge in [-0.25, -0.2) is 9.69 Å². The minimum Gasteiger partial charge on any atom is -0.549 e. The van der Waals surface area contributed by atoms with E-state index in [-0.39, 0.29) is 25.2 Å². The summed E-state index contributed by atoms with van der Waals surface area (Å²) < 4.78 is 11.9. The molecule has 0 radical (unpaired) electrons. The van der Waals surface area contributed by atoms with Crippen molar-refractivity contribution in [2.45, 2.75) is 96.9 Å². The van der Waals surface area contributed by atoms with Gasteiger partial charge >= 0.3 is 13.0 Å². The Morgan fingerprint density at radius 2 is 1.91 bits per heavy atom. The Balaban J connectivity index is 2.03. The lowest BCUT2D eigenvalue weighted by Gasteiger charge is -2.30. The van der Waals surface area contributed by atoms with Crippen molar-refractivity contribution in [2.24, 2.45) is 0 Å². The van der Waals surface area contributed by atoms with E-state index in [0.29, 0.717) is 5.88 Å². The van der Waals surface area contributed by atoms with Crippen LogP contribution >= 0.6 is 0 Å². The quantitative estimate of drug-likeness (QED) is 0.432. The van der Waals surface area contributed by atoms with Gasteiger partial charge < -0.3 is 9.39 Å². The highest BCUT2D eigenvalue weighted by Crippen LogP contribution is 2.35. The molecule has 23 heavy (non-hydrogen) atoms. The number of carbonyl (C=O) groups excluding carboxylic acids is 1. The minimum atomic E-state index is -0.222. The smallest absolute Gasteiger partial charge is 0.417 e. The van der Waals surface area contributed by atoms with Crippen LogP contribution in [0.25, 0.3) is 0 Å². The summed E-state index contributed by atoms with van der Waals surface area (Å²) in [6, 6.07) is 0.167. The summed E-state index contributed by atoms with van der Waals surface area (Å²) in [5.74, 6) is 0.710. The first-order valence-electron chi connectivity index (χ1n) is 9.54. The number of hydrogen-bond acceptors (Lipinski definition) is 3. The van der Waals surface area contributed by atoms with Gasteiger partial charge in [0.15, 0.2) is 5.88 Å². The van der Waals surface area contributed by atoms with Crippen LogP contribution in [0.3, 0.4) is 0 Å². The number of fused-ring (bicyclic) bond motifs is 1. The zero-order valence-electron chi connectivity index (χ0n) is 15.1. The summed E-state index contributed by atoms with van der Waals surface area (Å²) in [5, 5.41) is 0. The molecule has 1 amide bonds. The van der Waals surface area contributed by atoms with Crippen LogP contribution in [-0.2, 0) is 9.39 Å². The van der Waals surface area contributed by atoms with Crippen molar-refractivity contribution in [1.82, 2.24) is 4.90 Å². The second-order valence-electron chi connectivity index (χ2n) is 6.80. The average Bonchev–Trinajstić information content (AvgIpc) is 2.90. The number of nitrogens with zero attached hydrogens (tertiary/aromatic N) is 1. The molecule has 0 unspecified atom stereocenters. The van der Waals surface area contributed by atoms with Gasteiger partial charge in [0.2, 0.25) is 0 Å². The van der Waals surface area contributed by atoms with Crippen molar-refractivity contribution < 1.29 is 14.2 Å². The van der Waals surface area contributed by atoms with Crippen molar-refractivity contribution in [2.75, 3.05) is 0 Å². The Kier molecular flexibility index (Phi) is 7.32. The normalized spacial score (nSPS) is 24.4. The molecule has 0 aromatic heterocycles. The van der Waals surface area contributed by atoms with Crippen molar-refractivity contribution in [3.8, 4) is 0 Å². The van der Waals surface area contributed by atoms with Gasteiger partial charge in [0, 0.05) is 0 Å². The molecule has 0 N–H and O–H groups in total. The maximum absolute atomic E-state index is 12.3. The Hall–Kier alpha value is -1.13. The Morgan fingerprint density at radius 1 is 1.26 bits per heavy atom. The van der Waals surface area contributed by atoms with Crippen LogP contribution in [0.4, 0.5) is 4.79 Å². The van der Waals surface area contributed by atoms with E-state index in [1.54, 1.807) is 4.90 Å². The van der Waals surface area contributed by atoms with Gasteiger partial charge in [-0.2, -0.15) is 0 Å². The molecule has 2 aliphatic rings. The van der Waals surface area contributed by atoms with Crippen LogP contribution in [0, 0.1) is 0 Å². The van der Waals surface area contributed by atoms with E-state index < -0.39 is 0 Å². The molecule has 130 valence electrons. The number of carbonyl (C=O) groups is 1. The van der Waals surface area contributed by atoms with E-state index in [9.17, 15) is 4.79 Å². The fourth-order valence-corrected chi connectivity index (χ4v) is 3.65. The number of unbranched alkanes of at least 4 members (excludes halogenated alkanes) is 2. The van der Waals surface area contributed by atoms with Crippen LogP contribution < -0.4 is 0 Å². The molecule has 1 saturated heterocycles. The summed E-state index contributed by atoms with van der Waals surface area (Å²) in [6.45, 7) is 6.57. The summed E-state index contributed by atoms with van der Waals surface area (Å²) in [6.07, 6.45) is 12.9. The number of allylic oxidation sites excluding steroid dienone is 1. The Labute approximate surface area is 141 Å². The first kappa shape index (κ1) is 18.2. The topological polar surface area (TPSA) is 38.8 Å². The van der Waals surface area contributed by atoms with Crippen LogP contribution in [-0.4, -0.2) is 30.1 Å². The standard InChI is InChI=1S/C18H32BNO3/c1-4-7-13-19(14-8-5-2)23-17(6-3)20-15-11-9-10-12-16(15)22-18(20)21/h6,15-16H,4-5,7-14H2,1-3H3/b17-6+/t15-,16-/m0/s1. The fraction of sp³-hybridized carbons (Fsp3) is 0.833. The SMILES string of the molecule is C/C=C(/OB(CCCC)CCCC)N1C(=O)O[C@H]2CCCC[C@@H]21. The van der Waals surface area contributed by atoms with Crippen molar-refractivity contribution in [3.63, 3.8) is 0 Å². The molecule has 0 spiro atoms. The Bertz CT molecular complexity index is 405. The number of ether oxygens (including phenoxy) is 1. The zero-order chi connectivity index (χ0) is 16.7. The molecule has 2 rings (SSSR count). The lowest BCUT2D eigenvalue weighted by atomic mass is 9.59. The van der Waals surface area contributed by atoms with Crippen molar-refractivity contribution in [3.05, 3.63) is 12.0 Å². The summed E-state index contributed by atoms with van der Waals surface area (Å²) in [5.41, 5.74) is 0. The summed E-state index contributed by atoms with van der Waals surface area (Å²) >= 11 is 0. The third-order valence-electron chi connectivity index (χ3n) is 4.98. The molecule has 0 aromatic carbocycles. The first-order chi connectivity index (χ1) is 11.2. The largest absolute Gasteiger partial charge is 0.549 e. The average molecular weight is 321 g/mol. The van der Waals surface area contributed by atoms with E-state index in [2.05, 4.69) is 13.8 Å². The van der Waals surface area contributed by atoms with Gasteiger partial charge in [-0.15, -0.1) is 0 Å². The van der Waals surface area contributed by atoms with E-state index in [1.165, 1.54) is 32.1 Å². The first-order valence-corrected chi connectivity index (χ1v) is 9.54. The molecule has 0 aromatic rings. The molecule has 1 aliphatic heterocycles. The van der Waals surface area contributed by atoms with E-state index in [0.717, 1.165) is 31.9 Å². The van der Waals surface area contributed by atoms with Crippen LogP contribution in [0.5, 0.6) is 0 Å². The number of hydrogen-bond donors (Lipinski definition) is 0. The van der Waals surface area contributed by atoms with Gasteiger partial charge in [-0.3, -0.25) is 0 Å². The molecule has 1 saturated carbocycles. The van der Waals surface area contributed by atoms with E-state index in [1.807, 2.05) is 13.0 Å². The second-order valence-corrected chi connectivity index (χ2v) is 6.80. The molecule has 5 heteroatoms. The third kappa shape index (κ3) is 4.68. The van der Waals surface area contributed by atoms with Crippen LogP contribution in [0.15, 0.2) is 12.0 Å². The van der Waals surface area contributed by atoms with E-state index in [4.69, 9.17) is 9.39 Å². The molecule has 2 atom stereocenters. The van der Waals surface area contributed by atoms with E-state index >= 15 is 0 Å². The lowest BCUT2D eigenvalue weighted by molar-refractivity contribution is 0.113. The van der Waals surface area contributed by atoms with Crippen molar-refractivity contribution in [1.29, 1.82) is 0 Å². The lowest BCUT2D eigenvalue weighted by Crippen LogP contribution is -2.40. The second kappa shape index (κ2) is 9.24. The highest BCUT2D eigenvalue weighted by Gasteiger charge is 2.45. The number of amides is 1. The van der Waals surface area contributed by atoms with Crippen LogP contribution in [0.1, 0.15) is 72.1 Å². The van der Waals surface area contributed by atoms with Crippen molar-refractivity contribution >= 4 is 13.0 Å². The molecular formula is C18H32BNO3. The summed E-state index contributed by atoms with van der Waals surface area (Å²) in [7, 11) is 0. The van der Waals surface area contributed by atoms with Gasteiger partial charge in [0.05, 0.1) is 6.04 Å². The van der Waals surface area contributed by atoms with Gasteiger partial charge in [-0.1, -0.05) is 46.0 Å².